The lowest BCUT2D eigenvalue weighted by Gasteiger charge is -2.10. The third-order valence-electron chi connectivity index (χ3n) is 3.71. The third-order valence-corrected chi connectivity index (χ3v) is 3.71. The molecule has 1 aliphatic heterocycles. The normalized spacial score (nSPS) is 16.0. The number of likely N-dealkylation sites (tertiary alicyclic amines) is 1. The molecular formula is C16H20N4O. The quantitative estimate of drug-likeness (QED) is 0.853. The minimum Gasteiger partial charge on any atom is -0.489 e. The highest BCUT2D eigenvalue weighted by Gasteiger charge is 2.08. The number of aromatic nitrogens is 2. The van der Waals surface area contributed by atoms with Crippen LogP contribution in [0.5, 0.6) is 5.75 Å². The van der Waals surface area contributed by atoms with Crippen LogP contribution in [-0.2, 0) is 0 Å². The maximum absolute atomic E-state index is 5.80. The van der Waals surface area contributed by atoms with Crippen molar-refractivity contribution >= 4 is 16.7 Å². The zero-order valence-electron chi connectivity index (χ0n) is 12.0. The van der Waals surface area contributed by atoms with Gasteiger partial charge in [-0.2, -0.15) is 0 Å². The number of rotatable bonds is 5. The molecule has 0 amide bonds. The predicted molar refractivity (Wildman–Crippen MR) is 84.3 cm³/mol. The molecule has 1 aromatic heterocycles. The van der Waals surface area contributed by atoms with Gasteiger partial charge in [0, 0.05) is 18.0 Å². The molecule has 0 aliphatic carbocycles. The highest BCUT2D eigenvalue weighted by molar-refractivity contribution is 5.88. The van der Waals surface area contributed by atoms with Gasteiger partial charge in [0.15, 0.2) is 0 Å². The number of hydrogen-bond donors (Lipinski definition) is 1. The SMILES string of the molecule is Nc1ncnc2cc(OCC=CCN3CCCC3)ccc12. The Bertz CT molecular complexity index is 635. The summed E-state index contributed by atoms with van der Waals surface area (Å²) in [5.74, 6) is 1.29. The summed E-state index contributed by atoms with van der Waals surface area (Å²) in [5, 5.41) is 0.856. The van der Waals surface area contributed by atoms with Gasteiger partial charge in [-0.1, -0.05) is 12.2 Å². The first-order valence-corrected chi connectivity index (χ1v) is 7.33. The molecule has 0 radical (unpaired) electrons. The standard InChI is InChI=1S/C16H20N4O/c17-16-14-6-5-13(11-15(14)18-12-19-16)21-10-4-3-9-20-7-1-2-8-20/h3-6,11-12H,1-2,7-10H2,(H2,17,18,19). The molecule has 2 heterocycles. The van der Waals surface area contributed by atoms with E-state index in [0.717, 1.165) is 23.2 Å². The molecule has 0 spiro atoms. The minimum atomic E-state index is 0.497. The second-order valence-electron chi connectivity index (χ2n) is 5.23. The zero-order chi connectivity index (χ0) is 14.5. The molecule has 1 aromatic carbocycles. The summed E-state index contributed by atoms with van der Waals surface area (Å²) in [6, 6.07) is 5.69. The molecule has 3 rings (SSSR count). The first-order valence-electron chi connectivity index (χ1n) is 7.33. The zero-order valence-corrected chi connectivity index (χ0v) is 12.0. The second kappa shape index (κ2) is 6.54. The van der Waals surface area contributed by atoms with E-state index in [1.807, 2.05) is 18.2 Å². The lowest BCUT2D eigenvalue weighted by atomic mass is 10.2. The smallest absolute Gasteiger partial charge is 0.134 e. The topological polar surface area (TPSA) is 64.3 Å². The van der Waals surface area contributed by atoms with E-state index < -0.39 is 0 Å². The summed E-state index contributed by atoms with van der Waals surface area (Å²) in [6.07, 6.45) is 8.36. The number of hydrogen-bond acceptors (Lipinski definition) is 5. The number of benzene rings is 1. The Labute approximate surface area is 124 Å². The third kappa shape index (κ3) is 3.49. The summed E-state index contributed by atoms with van der Waals surface area (Å²) >= 11 is 0. The van der Waals surface area contributed by atoms with Crippen molar-refractivity contribution in [1.82, 2.24) is 14.9 Å². The number of nitrogens with two attached hydrogens (primary N) is 1. The van der Waals surface area contributed by atoms with Crippen LogP contribution in [-0.4, -0.2) is 41.1 Å². The van der Waals surface area contributed by atoms with Crippen LogP contribution in [0.15, 0.2) is 36.7 Å². The fourth-order valence-corrected chi connectivity index (χ4v) is 2.55. The fraction of sp³-hybridized carbons (Fsp3) is 0.375. The monoisotopic (exact) mass is 284 g/mol. The molecule has 110 valence electrons. The van der Waals surface area contributed by atoms with E-state index in [-0.39, 0.29) is 0 Å². The Morgan fingerprint density at radius 3 is 2.90 bits per heavy atom. The summed E-state index contributed by atoms with van der Waals surface area (Å²) in [7, 11) is 0. The summed E-state index contributed by atoms with van der Waals surface area (Å²) in [6.45, 7) is 4.03. The number of fused-ring (bicyclic) bond motifs is 1. The van der Waals surface area contributed by atoms with Crippen LogP contribution in [0.4, 0.5) is 5.82 Å². The Balaban J connectivity index is 1.54. The molecule has 5 nitrogen and oxygen atoms in total. The van der Waals surface area contributed by atoms with Gasteiger partial charge in [0.05, 0.1) is 5.52 Å². The molecule has 5 heteroatoms. The van der Waals surface area contributed by atoms with E-state index in [1.54, 1.807) is 0 Å². The summed E-state index contributed by atoms with van der Waals surface area (Å²) < 4.78 is 5.71. The maximum Gasteiger partial charge on any atom is 0.134 e. The molecule has 2 N–H and O–H groups in total. The van der Waals surface area contributed by atoms with Gasteiger partial charge >= 0.3 is 0 Å². The molecular weight excluding hydrogens is 264 g/mol. The van der Waals surface area contributed by atoms with Crippen LogP contribution in [0.25, 0.3) is 10.9 Å². The van der Waals surface area contributed by atoms with Gasteiger partial charge in [0.25, 0.3) is 0 Å². The summed E-state index contributed by atoms with van der Waals surface area (Å²) in [5.41, 5.74) is 6.60. The lowest BCUT2D eigenvalue weighted by molar-refractivity contribution is 0.357. The Morgan fingerprint density at radius 1 is 1.19 bits per heavy atom. The van der Waals surface area contributed by atoms with Crippen molar-refractivity contribution in [3.05, 3.63) is 36.7 Å². The molecule has 1 saturated heterocycles. The average molecular weight is 284 g/mol. The van der Waals surface area contributed by atoms with Crippen LogP contribution in [0.3, 0.4) is 0 Å². The van der Waals surface area contributed by atoms with E-state index in [0.29, 0.717) is 12.4 Å². The van der Waals surface area contributed by atoms with Gasteiger partial charge in [-0.15, -0.1) is 0 Å². The van der Waals surface area contributed by atoms with Crippen molar-refractivity contribution in [1.29, 1.82) is 0 Å². The Hall–Kier alpha value is -2.14. The number of nitrogens with zero attached hydrogens (tertiary/aromatic N) is 3. The van der Waals surface area contributed by atoms with Crippen molar-refractivity contribution in [3.8, 4) is 5.75 Å². The van der Waals surface area contributed by atoms with Crippen LogP contribution < -0.4 is 10.5 Å². The van der Waals surface area contributed by atoms with Gasteiger partial charge in [0.1, 0.15) is 24.5 Å². The van der Waals surface area contributed by atoms with E-state index in [9.17, 15) is 0 Å². The number of nitrogen functional groups attached to an aromatic ring is 1. The molecule has 0 unspecified atom stereocenters. The maximum atomic E-state index is 5.80. The van der Waals surface area contributed by atoms with E-state index in [1.165, 1.54) is 32.3 Å². The average Bonchev–Trinajstić information content (AvgIpc) is 3.00. The molecule has 1 aliphatic rings. The van der Waals surface area contributed by atoms with Crippen LogP contribution >= 0.6 is 0 Å². The highest BCUT2D eigenvalue weighted by atomic mass is 16.5. The van der Waals surface area contributed by atoms with Crippen LogP contribution in [0, 0.1) is 0 Å². The molecule has 0 bridgehead atoms. The van der Waals surface area contributed by atoms with Gasteiger partial charge in [-0.25, -0.2) is 9.97 Å². The molecule has 1 fully saturated rings. The van der Waals surface area contributed by atoms with Gasteiger partial charge in [-0.3, -0.25) is 4.90 Å². The van der Waals surface area contributed by atoms with Gasteiger partial charge in [-0.05, 0) is 38.1 Å². The largest absolute Gasteiger partial charge is 0.489 e. The molecule has 0 saturated carbocycles. The van der Waals surface area contributed by atoms with Crippen molar-refractivity contribution in [2.24, 2.45) is 0 Å². The molecule has 2 aromatic rings. The lowest BCUT2D eigenvalue weighted by Crippen LogP contribution is -2.18. The molecule has 0 atom stereocenters. The van der Waals surface area contributed by atoms with E-state index in [4.69, 9.17) is 10.5 Å². The van der Waals surface area contributed by atoms with Crippen LogP contribution in [0.2, 0.25) is 0 Å². The molecule has 21 heavy (non-hydrogen) atoms. The Morgan fingerprint density at radius 2 is 2.05 bits per heavy atom. The van der Waals surface area contributed by atoms with Gasteiger partial charge in [0.2, 0.25) is 0 Å². The summed E-state index contributed by atoms with van der Waals surface area (Å²) in [4.78, 5) is 10.6. The van der Waals surface area contributed by atoms with Crippen molar-refractivity contribution in [2.75, 3.05) is 32.0 Å². The van der Waals surface area contributed by atoms with E-state index >= 15 is 0 Å². The minimum absolute atomic E-state index is 0.497. The van der Waals surface area contributed by atoms with Crippen LogP contribution in [0.1, 0.15) is 12.8 Å². The predicted octanol–water partition coefficient (Wildman–Crippen LogP) is 2.24. The fourth-order valence-electron chi connectivity index (χ4n) is 2.55. The number of ether oxygens (including phenoxy) is 1. The Kier molecular flexibility index (Phi) is 4.31. The van der Waals surface area contributed by atoms with Crippen molar-refractivity contribution < 1.29 is 4.74 Å². The van der Waals surface area contributed by atoms with E-state index in [2.05, 4.69) is 27.0 Å². The first-order chi connectivity index (χ1) is 10.3. The van der Waals surface area contributed by atoms with Crippen molar-refractivity contribution in [2.45, 2.75) is 12.8 Å². The highest BCUT2D eigenvalue weighted by Crippen LogP contribution is 2.21. The van der Waals surface area contributed by atoms with Crippen molar-refractivity contribution in [3.63, 3.8) is 0 Å². The first kappa shape index (κ1) is 13.8. The second-order valence-corrected chi connectivity index (χ2v) is 5.23. The number of anilines is 1. The van der Waals surface area contributed by atoms with Gasteiger partial charge < -0.3 is 10.5 Å².